The molecule has 0 aromatic heterocycles. The van der Waals surface area contributed by atoms with Crippen molar-refractivity contribution in [3.8, 4) is 0 Å². The van der Waals surface area contributed by atoms with Crippen LogP contribution in [0.4, 0.5) is 5.69 Å². The number of carbonyl (C=O) groups is 1. The van der Waals surface area contributed by atoms with Crippen molar-refractivity contribution in [3.05, 3.63) is 63.6 Å². The van der Waals surface area contributed by atoms with Crippen molar-refractivity contribution in [2.24, 2.45) is 0 Å². The molecule has 2 atom stereocenters. The molecule has 1 N–H and O–H groups in total. The summed E-state index contributed by atoms with van der Waals surface area (Å²) in [6.07, 6.45) is 1.36. The van der Waals surface area contributed by atoms with E-state index in [0.29, 0.717) is 17.1 Å². The number of sulfonamides is 1. The summed E-state index contributed by atoms with van der Waals surface area (Å²) in [6, 6.07) is 11.1. The number of anilines is 1. The fourth-order valence-corrected chi connectivity index (χ4v) is 4.43. The van der Waals surface area contributed by atoms with E-state index in [0.717, 1.165) is 21.7 Å². The molecule has 0 fully saturated rings. The first-order valence-corrected chi connectivity index (χ1v) is 11.5. The molecule has 0 aliphatic rings. The number of nitrogens with one attached hydrogen (secondary N) is 1. The van der Waals surface area contributed by atoms with E-state index in [1.807, 2.05) is 38.1 Å². The lowest BCUT2D eigenvalue weighted by Gasteiger charge is -2.31. The van der Waals surface area contributed by atoms with Crippen molar-refractivity contribution in [1.82, 2.24) is 5.32 Å². The Morgan fingerprint density at radius 1 is 1.11 bits per heavy atom. The zero-order valence-corrected chi connectivity index (χ0v) is 18.6. The molecule has 0 saturated heterocycles. The van der Waals surface area contributed by atoms with Gasteiger partial charge in [-0.2, -0.15) is 0 Å². The highest BCUT2D eigenvalue weighted by atomic mass is 35.5. The maximum Gasteiger partial charge on any atom is 0.244 e. The first-order valence-electron chi connectivity index (χ1n) is 8.86. The molecule has 0 saturated carbocycles. The van der Waals surface area contributed by atoms with E-state index in [2.05, 4.69) is 5.32 Å². The minimum absolute atomic E-state index is 0.219. The van der Waals surface area contributed by atoms with Crippen LogP contribution in [0.1, 0.15) is 37.4 Å². The van der Waals surface area contributed by atoms with Crippen LogP contribution < -0.4 is 9.62 Å². The van der Waals surface area contributed by atoms with Gasteiger partial charge in [-0.15, -0.1) is 0 Å². The van der Waals surface area contributed by atoms with Crippen LogP contribution >= 0.6 is 23.2 Å². The van der Waals surface area contributed by atoms with Gasteiger partial charge < -0.3 is 5.32 Å². The third-order valence-electron chi connectivity index (χ3n) is 4.42. The summed E-state index contributed by atoms with van der Waals surface area (Å²) in [7, 11) is -3.74. The summed E-state index contributed by atoms with van der Waals surface area (Å²) in [5, 5.41) is 3.44. The minimum Gasteiger partial charge on any atom is -0.348 e. The largest absolute Gasteiger partial charge is 0.348 e. The molecule has 2 unspecified atom stereocenters. The molecular weight excluding hydrogens is 419 g/mol. The molecule has 152 valence electrons. The second kappa shape index (κ2) is 9.16. The first kappa shape index (κ1) is 22.5. The summed E-state index contributed by atoms with van der Waals surface area (Å²) in [5.74, 6) is -0.382. The van der Waals surface area contributed by atoms with Gasteiger partial charge in [0.2, 0.25) is 15.9 Å². The van der Waals surface area contributed by atoms with Gasteiger partial charge in [0.05, 0.1) is 28.0 Å². The van der Waals surface area contributed by atoms with E-state index < -0.39 is 16.1 Å². The number of hydrogen-bond acceptors (Lipinski definition) is 3. The zero-order chi connectivity index (χ0) is 21.1. The minimum atomic E-state index is -3.74. The van der Waals surface area contributed by atoms with Gasteiger partial charge in [0, 0.05) is 0 Å². The van der Waals surface area contributed by atoms with Gasteiger partial charge >= 0.3 is 0 Å². The topological polar surface area (TPSA) is 66.5 Å². The molecule has 0 aliphatic heterocycles. The van der Waals surface area contributed by atoms with Crippen LogP contribution in [0.3, 0.4) is 0 Å². The van der Waals surface area contributed by atoms with Gasteiger partial charge in [-0.25, -0.2) is 8.42 Å². The Morgan fingerprint density at radius 2 is 1.71 bits per heavy atom. The number of aryl methyl sites for hydroxylation is 1. The molecule has 8 heteroatoms. The zero-order valence-electron chi connectivity index (χ0n) is 16.2. The summed E-state index contributed by atoms with van der Waals surface area (Å²) in [6.45, 7) is 5.61. The molecule has 0 aliphatic carbocycles. The van der Waals surface area contributed by atoms with E-state index in [-0.39, 0.29) is 17.0 Å². The van der Waals surface area contributed by atoms with E-state index in [1.54, 1.807) is 6.92 Å². The highest BCUT2D eigenvalue weighted by Gasteiger charge is 2.32. The monoisotopic (exact) mass is 442 g/mol. The Balaban J connectivity index is 2.33. The van der Waals surface area contributed by atoms with Crippen LogP contribution in [-0.4, -0.2) is 26.6 Å². The number of halogens is 2. The third kappa shape index (κ3) is 5.40. The summed E-state index contributed by atoms with van der Waals surface area (Å²) >= 11 is 12.0. The molecule has 0 heterocycles. The van der Waals surface area contributed by atoms with Crippen LogP contribution in [0.25, 0.3) is 0 Å². The van der Waals surface area contributed by atoms with Crippen molar-refractivity contribution in [2.45, 2.75) is 39.3 Å². The van der Waals surface area contributed by atoms with E-state index >= 15 is 0 Å². The van der Waals surface area contributed by atoms with Gasteiger partial charge in [0.1, 0.15) is 6.04 Å². The predicted molar refractivity (Wildman–Crippen MR) is 116 cm³/mol. The lowest BCUT2D eigenvalue weighted by molar-refractivity contribution is -0.122. The van der Waals surface area contributed by atoms with E-state index in [4.69, 9.17) is 23.2 Å². The van der Waals surface area contributed by atoms with Crippen LogP contribution in [0.5, 0.6) is 0 Å². The van der Waals surface area contributed by atoms with Gasteiger partial charge in [-0.05, 0) is 44.0 Å². The number of benzene rings is 2. The van der Waals surface area contributed by atoms with Crippen LogP contribution in [-0.2, 0) is 14.8 Å². The Bertz CT molecular complexity index is 946. The Kier molecular flexibility index (Phi) is 7.37. The van der Waals surface area contributed by atoms with Crippen molar-refractivity contribution in [3.63, 3.8) is 0 Å². The molecule has 2 aromatic carbocycles. The molecule has 5 nitrogen and oxygen atoms in total. The van der Waals surface area contributed by atoms with Crippen LogP contribution in [0, 0.1) is 6.92 Å². The van der Waals surface area contributed by atoms with Crippen LogP contribution in [0.2, 0.25) is 10.0 Å². The summed E-state index contributed by atoms with van der Waals surface area (Å²) in [5.41, 5.74) is 2.35. The SMILES string of the molecule is CCC(C(=O)NC(C)c1ccc(C)cc1)N(c1ccc(Cl)c(Cl)c1)S(C)(=O)=O. The Labute approximate surface area is 176 Å². The molecule has 28 heavy (non-hydrogen) atoms. The molecule has 0 spiro atoms. The molecule has 0 bridgehead atoms. The van der Waals surface area contributed by atoms with Crippen LogP contribution in [0.15, 0.2) is 42.5 Å². The van der Waals surface area contributed by atoms with Crippen molar-refractivity contribution in [1.29, 1.82) is 0 Å². The smallest absolute Gasteiger partial charge is 0.244 e. The third-order valence-corrected chi connectivity index (χ3v) is 6.34. The number of carbonyl (C=O) groups excluding carboxylic acids is 1. The van der Waals surface area contributed by atoms with Crippen molar-refractivity contribution >= 4 is 44.8 Å². The second-order valence-electron chi connectivity index (χ2n) is 6.72. The molecule has 2 aromatic rings. The fraction of sp³-hybridized carbons (Fsp3) is 0.350. The lowest BCUT2D eigenvalue weighted by Crippen LogP contribution is -2.49. The lowest BCUT2D eigenvalue weighted by atomic mass is 10.1. The molecule has 0 radical (unpaired) electrons. The van der Waals surface area contributed by atoms with Gasteiger partial charge in [0.15, 0.2) is 0 Å². The van der Waals surface area contributed by atoms with Gasteiger partial charge in [0.25, 0.3) is 0 Å². The highest BCUT2D eigenvalue weighted by molar-refractivity contribution is 7.92. The number of rotatable bonds is 7. The number of amides is 1. The second-order valence-corrected chi connectivity index (χ2v) is 9.40. The maximum absolute atomic E-state index is 13.0. The average molecular weight is 443 g/mol. The average Bonchev–Trinajstić information content (AvgIpc) is 2.61. The van der Waals surface area contributed by atoms with Gasteiger partial charge in [-0.1, -0.05) is 60.0 Å². The number of hydrogen-bond donors (Lipinski definition) is 1. The Morgan fingerprint density at radius 3 is 2.21 bits per heavy atom. The molecular formula is C20H24Cl2N2O3S. The quantitative estimate of drug-likeness (QED) is 0.673. The molecule has 1 amide bonds. The molecule has 2 rings (SSSR count). The fourth-order valence-electron chi connectivity index (χ4n) is 2.93. The van der Waals surface area contributed by atoms with Crippen molar-refractivity contribution in [2.75, 3.05) is 10.6 Å². The van der Waals surface area contributed by atoms with Crippen molar-refractivity contribution < 1.29 is 13.2 Å². The normalized spacial score (nSPS) is 13.6. The maximum atomic E-state index is 13.0. The first-order chi connectivity index (χ1) is 13.0. The predicted octanol–water partition coefficient (Wildman–Crippen LogP) is 4.72. The Hall–Kier alpha value is -1.76. The van der Waals surface area contributed by atoms with E-state index in [1.165, 1.54) is 18.2 Å². The summed E-state index contributed by atoms with van der Waals surface area (Å²) in [4.78, 5) is 13.0. The van der Waals surface area contributed by atoms with E-state index in [9.17, 15) is 13.2 Å². The highest BCUT2D eigenvalue weighted by Crippen LogP contribution is 2.30. The standard InChI is InChI=1S/C20H24Cl2N2O3S/c1-5-19(20(25)23-14(3)15-8-6-13(2)7-9-15)24(28(4,26)27)16-10-11-17(21)18(22)12-16/h6-12,14,19H,5H2,1-4H3,(H,23,25). The van der Waals surface area contributed by atoms with Gasteiger partial charge in [-0.3, -0.25) is 9.10 Å². The summed E-state index contributed by atoms with van der Waals surface area (Å²) < 4.78 is 26.1. The number of nitrogens with zero attached hydrogens (tertiary/aromatic N) is 1.